The quantitative estimate of drug-likeness (QED) is 0.0842. The SMILES string of the molecule is [C-]#[N+]N=c1c2cc(-c3ccc(C(F)(F)F)nc3)ccc2c2cc3c(=NC#N)c4cc(-c5ccc(C(F)(F)F)nc5)ccc4c3cc12. The number of hydrogen-bond acceptors (Lipinski definition) is 5. The second-order valence-corrected chi connectivity index (χ2v) is 10.4. The van der Waals surface area contributed by atoms with Gasteiger partial charge in [-0.2, -0.15) is 43.2 Å². The maximum atomic E-state index is 13.0. The Balaban J connectivity index is 1.44. The minimum atomic E-state index is -4.57. The summed E-state index contributed by atoms with van der Waals surface area (Å²) >= 11 is 0. The number of halogens is 6. The largest absolute Gasteiger partial charge is 0.433 e. The molecule has 0 radical (unpaired) electrons. The van der Waals surface area contributed by atoms with E-state index in [9.17, 15) is 31.6 Å². The predicted molar refractivity (Wildman–Crippen MR) is 159 cm³/mol. The van der Waals surface area contributed by atoms with Gasteiger partial charge in [-0.3, -0.25) is 9.97 Å². The van der Waals surface area contributed by atoms with Gasteiger partial charge >= 0.3 is 12.4 Å². The summed E-state index contributed by atoms with van der Waals surface area (Å²) in [6, 6.07) is 18.7. The van der Waals surface area contributed by atoms with Crippen molar-refractivity contribution in [3.05, 3.63) is 119 Å². The molecule has 2 aromatic heterocycles. The van der Waals surface area contributed by atoms with E-state index >= 15 is 0 Å². The molecule has 2 heterocycles. The van der Waals surface area contributed by atoms with Crippen LogP contribution < -0.4 is 10.7 Å². The number of nitrogens with zero attached hydrogens (tertiary/aromatic N) is 6. The monoisotopic (exact) mass is 620 g/mol. The normalized spacial score (nSPS) is 13.2. The number of nitriles is 1. The van der Waals surface area contributed by atoms with E-state index in [1.807, 2.05) is 18.3 Å². The van der Waals surface area contributed by atoms with Crippen molar-refractivity contribution < 1.29 is 26.3 Å². The summed E-state index contributed by atoms with van der Waals surface area (Å²) in [4.78, 5) is 14.5. The molecule has 0 aliphatic rings. The second-order valence-electron chi connectivity index (χ2n) is 10.4. The molecule has 0 aliphatic heterocycles. The zero-order valence-electron chi connectivity index (χ0n) is 23.0. The fourth-order valence-corrected chi connectivity index (χ4v) is 5.83. The van der Waals surface area contributed by atoms with Gasteiger partial charge in [0.25, 0.3) is 0 Å². The summed E-state index contributed by atoms with van der Waals surface area (Å²) in [6.07, 6.45) is -5.01. The first-order chi connectivity index (χ1) is 22.0. The molecule has 7 rings (SSSR count). The molecule has 0 amide bonds. The van der Waals surface area contributed by atoms with Crippen LogP contribution in [-0.4, -0.2) is 9.97 Å². The van der Waals surface area contributed by atoms with Crippen LogP contribution in [0.5, 0.6) is 0 Å². The third kappa shape index (κ3) is 4.59. The molecule has 12 heteroatoms. The third-order valence-electron chi connectivity index (χ3n) is 7.88. The molecule has 0 atom stereocenters. The first-order valence-corrected chi connectivity index (χ1v) is 13.4. The van der Waals surface area contributed by atoms with Gasteiger partial charge in [-0.25, -0.2) is 0 Å². The average Bonchev–Trinajstić information content (AvgIpc) is 3.50. The third-order valence-corrected chi connectivity index (χ3v) is 7.88. The molecule has 0 spiro atoms. The lowest BCUT2D eigenvalue weighted by Crippen LogP contribution is -2.07. The smallest absolute Gasteiger partial charge is 0.251 e. The molecule has 0 bridgehead atoms. The van der Waals surface area contributed by atoms with Crippen molar-refractivity contribution >= 4 is 43.1 Å². The maximum absolute atomic E-state index is 13.0. The molecule has 0 saturated heterocycles. The number of benzene rings is 3. The molecule has 5 aromatic carbocycles. The van der Waals surface area contributed by atoms with Crippen molar-refractivity contribution in [2.45, 2.75) is 12.4 Å². The maximum Gasteiger partial charge on any atom is 0.433 e. The van der Waals surface area contributed by atoms with E-state index in [0.29, 0.717) is 54.5 Å². The van der Waals surface area contributed by atoms with Gasteiger partial charge in [-0.15, -0.1) is 4.95 Å². The van der Waals surface area contributed by atoms with E-state index in [-0.39, 0.29) is 0 Å². The molecule has 0 unspecified atom stereocenters. The van der Waals surface area contributed by atoms with Gasteiger partial charge in [0.1, 0.15) is 11.4 Å². The van der Waals surface area contributed by atoms with Gasteiger partial charge in [0, 0.05) is 45.1 Å². The highest BCUT2D eigenvalue weighted by Crippen LogP contribution is 2.36. The van der Waals surface area contributed by atoms with Crippen LogP contribution in [0.3, 0.4) is 0 Å². The first kappa shape index (κ1) is 28.6. The Bertz CT molecular complexity index is 2380. The van der Waals surface area contributed by atoms with Crippen LogP contribution in [0.15, 0.2) is 95.3 Å². The van der Waals surface area contributed by atoms with Gasteiger partial charge in [0.2, 0.25) is 6.19 Å². The minimum absolute atomic E-state index is 0.376. The van der Waals surface area contributed by atoms with Gasteiger partial charge in [0.05, 0.1) is 10.5 Å². The van der Waals surface area contributed by atoms with E-state index in [2.05, 4.69) is 25.0 Å². The molecule has 6 nitrogen and oxygen atoms in total. The fourth-order valence-electron chi connectivity index (χ4n) is 5.83. The summed E-state index contributed by atoms with van der Waals surface area (Å²) in [5.74, 6) is 0. The van der Waals surface area contributed by atoms with Crippen molar-refractivity contribution in [3.8, 4) is 28.4 Å². The van der Waals surface area contributed by atoms with Crippen molar-refractivity contribution in [3.63, 3.8) is 0 Å². The molecule has 222 valence electrons. The predicted octanol–water partition coefficient (Wildman–Crippen LogP) is 8.45. The van der Waals surface area contributed by atoms with E-state index in [0.717, 1.165) is 46.1 Å². The highest BCUT2D eigenvalue weighted by molar-refractivity contribution is 6.21. The number of aromatic nitrogens is 2. The number of alkyl halides is 6. The fraction of sp³-hybridized carbons (Fsp3) is 0.0588. The Morgan fingerprint density at radius 2 is 1.00 bits per heavy atom. The summed E-state index contributed by atoms with van der Waals surface area (Å²) in [7, 11) is 0. The average molecular weight is 621 g/mol. The number of rotatable bonds is 2. The highest BCUT2D eigenvalue weighted by Gasteiger charge is 2.33. The van der Waals surface area contributed by atoms with Crippen LogP contribution in [0.4, 0.5) is 26.3 Å². The Morgan fingerprint density at radius 1 is 0.565 bits per heavy atom. The summed E-state index contributed by atoms with van der Waals surface area (Å²) in [6.45, 7) is 7.46. The number of pyridine rings is 2. The molecule has 0 N–H and O–H groups in total. The van der Waals surface area contributed by atoms with Gasteiger partial charge < -0.3 is 0 Å². The molecule has 7 aromatic rings. The van der Waals surface area contributed by atoms with Crippen LogP contribution >= 0.6 is 0 Å². The minimum Gasteiger partial charge on any atom is -0.251 e. The summed E-state index contributed by atoms with van der Waals surface area (Å²) in [5.41, 5.74) is 0.0503. The molecular formula is C34H14F6N6. The summed E-state index contributed by atoms with van der Waals surface area (Å²) < 4.78 is 78.2. The Labute approximate surface area is 254 Å². The van der Waals surface area contributed by atoms with E-state index in [4.69, 9.17) is 6.57 Å². The second kappa shape index (κ2) is 10.2. The van der Waals surface area contributed by atoms with Crippen LogP contribution in [0, 0.1) is 18.0 Å². The lowest BCUT2D eigenvalue weighted by molar-refractivity contribution is -0.141. The molecule has 0 aliphatic carbocycles. The Kier molecular flexibility index (Phi) is 6.35. The molecule has 0 fully saturated rings. The zero-order chi connectivity index (χ0) is 32.4. The first-order valence-electron chi connectivity index (χ1n) is 13.4. The number of hydrogen-bond donors (Lipinski definition) is 0. The topological polar surface area (TPSA) is 78.6 Å². The zero-order valence-corrected chi connectivity index (χ0v) is 23.0. The van der Waals surface area contributed by atoms with E-state index in [1.54, 1.807) is 36.4 Å². The molecule has 0 saturated carbocycles. The number of fused-ring (bicyclic) bond motifs is 6. The van der Waals surface area contributed by atoms with Crippen molar-refractivity contribution in [1.82, 2.24) is 9.97 Å². The van der Waals surface area contributed by atoms with Crippen LogP contribution in [0.2, 0.25) is 0 Å². The highest BCUT2D eigenvalue weighted by atomic mass is 19.4. The molecular weight excluding hydrogens is 606 g/mol. The lowest BCUT2D eigenvalue weighted by Gasteiger charge is -2.07. The Morgan fingerprint density at radius 3 is 1.41 bits per heavy atom. The van der Waals surface area contributed by atoms with Gasteiger partial charge in [0.15, 0.2) is 5.36 Å². The Hall–Kier alpha value is -6.14. The van der Waals surface area contributed by atoms with Crippen molar-refractivity contribution in [2.24, 2.45) is 10.1 Å². The van der Waals surface area contributed by atoms with Crippen molar-refractivity contribution in [1.29, 1.82) is 5.26 Å². The van der Waals surface area contributed by atoms with E-state index in [1.165, 1.54) is 12.1 Å². The standard InChI is InChI=1S/C34H14F6N6/c1-42-46-32-26-11-18(20-5-9-30(44-15-20)34(38,39)40)3-7-22(26)24-12-27-23(13-28(24)32)21-6-2-17(10-25(21)31(27)45-16-41)19-4-8-29(43-14-19)33(35,36)37/h2-15H. The van der Waals surface area contributed by atoms with Crippen LogP contribution in [0.25, 0.3) is 70.3 Å². The van der Waals surface area contributed by atoms with Crippen LogP contribution in [0.1, 0.15) is 11.4 Å². The summed E-state index contributed by atoms with van der Waals surface area (Å²) in [5, 5.41) is 19.8. The van der Waals surface area contributed by atoms with Gasteiger partial charge in [-0.1, -0.05) is 36.4 Å². The van der Waals surface area contributed by atoms with Gasteiger partial charge in [-0.05, 0) is 69.1 Å². The lowest BCUT2D eigenvalue weighted by atomic mass is 10.0. The van der Waals surface area contributed by atoms with Crippen molar-refractivity contribution in [2.75, 3.05) is 0 Å². The molecule has 46 heavy (non-hydrogen) atoms. The van der Waals surface area contributed by atoms with E-state index < -0.39 is 23.7 Å². The van der Waals surface area contributed by atoms with Crippen LogP contribution in [-0.2, 0) is 12.4 Å².